The average Bonchev–Trinajstić information content (AvgIpc) is 3.18. The molecule has 130 valence electrons. The molecule has 0 N–H and O–H groups in total. The van der Waals surface area contributed by atoms with Crippen LogP contribution in [0.25, 0.3) is 0 Å². The lowest BCUT2D eigenvalue weighted by molar-refractivity contribution is 0.0986. The molecule has 0 fully saturated rings. The summed E-state index contributed by atoms with van der Waals surface area (Å²) in [6.07, 6.45) is 0.886. The first kappa shape index (κ1) is 17.8. The minimum absolute atomic E-state index is 0.0487. The van der Waals surface area contributed by atoms with Crippen LogP contribution in [0.2, 0.25) is 5.02 Å². The number of ketones is 1. The molecule has 0 spiro atoms. The molecule has 0 aliphatic heterocycles. The van der Waals surface area contributed by atoms with Gasteiger partial charge in [0.15, 0.2) is 5.78 Å². The summed E-state index contributed by atoms with van der Waals surface area (Å²) >= 11 is 7.38. The predicted octanol–water partition coefficient (Wildman–Crippen LogP) is 5.10. The molecular formula is C19H19ClN2O2S. The maximum absolute atomic E-state index is 12.4. The van der Waals surface area contributed by atoms with Gasteiger partial charge < -0.3 is 4.52 Å². The van der Waals surface area contributed by atoms with E-state index in [1.165, 1.54) is 11.3 Å². The minimum Gasteiger partial charge on any atom is -0.361 e. The SMILES string of the molecule is CC(C)(C)c1cc(CC(=O)c2csc(Cc3ccc(Cl)cc3)n2)no1. The highest BCUT2D eigenvalue weighted by molar-refractivity contribution is 7.09. The Kier molecular flexibility index (Phi) is 5.06. The van der Waals surface area contributed by atoms with Crippen LogP contribution in [-0.2, 0) is 18.3 Å². The molecule has 0 atom stereocenters. The van der Waals surface area contributed by atoms with E-state index in [1.807, 2.05) is 51.1 Å². The van der Waals surface area contributed by atoms with Gasteiger partial charge in [-0.05, 0) is 17.7 Å². The molecule has 2 heterocycles. The molecule has 0 bridgehead atoms. The molecule has 0 amide bonds. The van der Waals surface area contributed by atoms with Gasteiger partial charge in [-0.2, -0.15) is 0 Å². The Hall–Kier alpha value is -1.98. The normalized spacial score (nSPS) is 11.7. The first-order valence-corrected chi connectivity index (χ1v) is 9.25. The molecule has 0 aliphatic carbocycles. The first-order chi connectivity index (χ1) is 11.8. The number of hydrogen-bond donors (Lipinski definition) is 0. The van der Waals surface area contributed by atoms with Crippen LogP contribution in [0.1, 0.15) is 53.3 Å². The lowest BCUT2D eigenvalue weighted by Gasteiger charge is -2.12. The summed E-state index contributed by atoms with van der Waals surface area (Å²) in [5.74, 6) is 0.726. The highest BCUT2D eigenvalue weighted by atomic mass is 35.5. The van der Waals surface area contributed by atoms with Gasteiger partial charge in [-0.15, -0.1) is 11.3 Å². The highest BCUT2D eigenvalue weighted by Crippen LogP contribution is 2.23. The molecule has 0 aliphatic rings. The van der Waals surface area contributed by atoms with Gasteiger partial charge in [-0.25, -0.2) is 4.98 Å². The molecule has 4 nitrogen and oxygen atoms in total. The van der Waals surface area contributed by atoms with Crippen molar-refractivity contribution in [1.29, 1.82) is 0 Å². The Labute approximate surface area is 155 Å². The van der Waals surface area contributed by atoms with Crippen molar-refractivity contribution in [2.45, 2.75) is 39.0 Å². The zero-order chi connectivity index (χ0) is 18.0. The molecule has 3 aromatic rings. The van der Waals surface area contributed by atoms with Gasteiger partial charge in [-0.3, -0.25) is 4.79 Å². The number of halogens is 1. The Morgan fingerprint density at radius 2 is 1.96 bits per heavy atom. The van der Waals surface area contributed by atoms with Crippen LogP contribution in [0.15, 0.2) is 40.2 Å². The van der Waals surface area contributed by atoms with Crippen LogP contribution in [0.4, 0.5) is 0 Å². The van der Waals surface area contributed by atoms with Crippen LogP contribution in [0, 0.1) is 0 Å². The number of carbonyl (C=O) groups excluding carboxylic acids is 1. The van der Waals surface area contributed by atoms with Crippen LogP contribution in [0.5, 0.6) is 0 Å². The van der Waals surface area contributed by atoms with Crippen molar-refractivity contribution in [2.24, 2.45) is 0 Å². The highest BCUT2D eigenvalue weighted by Gasteiger charge is 2.21. The van der Waals surface area contributed by atoms with Gasteiger partial charge >= 0.3 is 0 Å². The summed E-state index contributed by atoms with van der Waals surface area (Å²) < 4.78 is 5.33. The fraction of sp³-hybridized carbons (Fsp3) is 0.316. The molecule has 1 aromatic carbocycles. The summed E-state index contributed by atoms with van der Waals surface area (Å²) in [4.78, 5) is 16.9. The maximum Gasteiger partial charge on any atom is 0.188 e. The smallest absolute Gasteiger partial charge is 0.188 e. The summed E-state index contributed by atoms with van der Waals surface area (Å²) in [6, 6.07) is 9.49. The number of benzene rings is 1. The zero-order valence-electron chi connectivity index (χ0n) is 14.4. The lowest BCUT2D eigenvalue weighted by atomic mass is 9.93. The second-order valence-corrected chi connectivity index (χ2v) is 8.34. The second kappa shape index (κ2) is 7.10. The molecule has 0 radical (unpaired) electrons. The van der Waals surface area contributed by atoms with E-state index in [4.69, 9.17) is 16.1 Å². The van der Waals surface area contributed by atoms with Crippen molar-refractivity contribution in [3.63, 3.8) is 0 Å². The van der Waals surface area contributed by atoms with Gasteiger partial charge in [0.05, 0.1) is 17.1 Å². The number of aromatic nitrogens is 2. The fourth-order valence-corrected chi connectivity index (χ4v) is 3.26. The lowest BCUT2D eigenvalue weighted by Crippen LogP contribution is -2.09. The van der Waals surface area contributed by atoms with E-state index in [9.17, 15) is 4.79 Å². The molecule has 0 saturated heterocycles. The van der Waals surface area contributed by atoms with Gasteiger partial charge in [-0.1, -0.05) is 49.7 Å². The second-order valence-electron chi connectivity index (χ2n) is 6.96. The van der Waals surface area contributed by atoms with Crippen LogP contribution < -0.4 is 0 Å². The van der Waals surface area contributed by atoms with E-state index in [0.717, 1.165) is 16.3 Å². The number of Topliss-reactive ketones (excluding diaryl/α,β-unsaturated/α-hetero) is 1. The van der Waals surface area contributed by atoms with Crippen molar-refractivity contribution in [2.75, 3.05) is 0 Å². The minimum atomic E-state index is -0.124. The Morgan fingerprint density at radius 3 is 2.60 bits per heavy atom. The average molecular weight is 375 g/mol. The molecule has 2 aromatic heterocycles. The van der Waals surface area contributed by atoms with E-state index < -0.39 is 0 Å². The zero-order valence-corrected chi connectivity index (χ0v) is 15.9. The van der Waals surface area contributed by atoms with Crippen LogP contribution in [0.3, 0.4) is 0 Å². The van der Waals surface area contributed by atoms with E-state index in [-0.39, 0.29) is 17.6 Å². The van der Waals surface area contributed by atoms with Gasteiger partial charge in [0.25, 0.3) is 0 Å². The molecule has 6 heteroatoms. The first-order valence-electron chi connectivity index (χ1n) is 7.99. The van der Waals surface area contributed by atoms with Crippen molar-refractivity contribution >= 4 is 28.7 Å². The Morgan fingerprint density at radius 1 is 1.24 bits per heavy atom. The number of nitrogens with zero attached hydrogens (tertiary/aromatic N) is 2. The quantitative estimate of drug-likeness (QED) is 0.583. The molecule has 0 saturated carbocycles. The standard InChI is InChI=1S/C19H19ClN2O2S/c1-19(2,3)17-10-14(22-24-17)9-16(23)15-11-25-18(21-15)8-12-4-6-13(20)7-5-12/h4-7,10-11H,8-9H2,1-3H3. The maximum atomic E-state index is 12.4. The van der Waals surface area contributed by atoms with Gasteiger partial charge in [0.1, 0.15) is 11.5 Å². The third-order valence-electron chi connectivity index (χ3n) is 3.75. The summed E-state index contributed by atoms with van der Waals surface area (Å²) in [5, 5.41) is 7.42. The monoisotopic (exact) mass is 374 g/mol. The molecule has 25 heavy (non-hydrogen) atoms. The van der Waals surface area contributed by atoms with Crippen LogP contribution >= 0.6 is 22.9 Å². The fourth-order valence-electron chi connectivity index (χ4n) is 2.30. The largest absolute Gasteiger partial charge is 0.361 e. The predicted molar refractivity (Wildman–Crippen MR) is 99.6 cm³/mol. The topological polar surface area (TPSA) is 56.0 Å². The number of hydrogen-bond acceptors (Lipinski definition) is 5. The summed E-state index contributed by atoms with van der Waals surface area (Å²) in [7, 11) is 0. The van der Waals surface area contributed by atoms with Crippen LogP contribution in [-0.4, -0.2) is 15.9 Å². The summed E-state index contributed by atoms with van der Waals surface area (Å²) in [5.41, 5.74) is 2.11. The number of rotatable bonds is 5. The third-order valence-corrected chi connectivity index (χ3v) is 4.85. The van der Waals surface area contributed by atoms with Crippen molar-refractivity contribution < 1.29 is 9.32 Å². The third kappa shape index (κ3) is 4.55. The Balaban J connectivity index is 1.66. The van der Waals surface area contributed by atoms with Crippen molar-refractivity contribution in [3.05, 3.63) is 68.5 Å². The van der Waals surface area contributed by atoms with E-state index in [2.05, 4.69) is 10.1 Å². The molecule has 0 unspecified atom stereocenters. The summed E-state index contributed by atoms with van der Waals surface area (Å²) in [6.45, 7) is 6.13. The van der Waals surface area contributed by atoms with Gasteiger partial charge in [0, 0.05) is 28.3 Å². The molecular weight excluding hydrogens is 356 g/mol. The number of thiazole rings is 1. The van der Waals surface area contributed by atoms with Gasteiger partial charge in [0.2, 0.25) is 0 Å². The Bertz CT molecular complexity index is 875. The van der Waals surface area contributed by atoms with Crippen molar-refractivity contribution in [1.82, 2.24) is 10.1 Å². The van der Waals surface area contributed by atoms with Crippen molar-refractivity contribution in [3.8, 4) is 0 Å². The van der Waals surface area contributed by atoms with E-state index in [0.29, 0.717) is 22.8 Å². The van der Waals surface area contributed by atoms with E-state index in [1.54, 1.807) is 5.38 Å². The molecule has 3 rings (SSSR count). The van der Waals surface area contributed by atoms with E-state index >= 15 is 0 Å². The number of carbonyl (C=O) groups is 1.